The zero-order chi connectivity index (χ0) is 17.6. The lowest BCUT2D eigenvalue weighted by atomic mass is 9.89. The topological polar surface area (TPSA) is 38.8 Å². The van der Waals surface area contributed by atoms with Gasteiger partial charge in [-0.15, -0.1) is 0 Å². The van der Waals surface area contributed by atoms with E-state index in [4.69, 9.17) is 32.7 Å². The van der Waals surface area contributed by atoms with Gasteiger partial charge in [-0.25, -0.2) is 0 Å². The largest absolute Gasteiger partial charge is 0.348 e. The lowest BCUT2D eigenvalue weighted by molar-refractivity contribution is -0.191. The van der Waals surface area contributed by atoms with Gasteiger partial charge in [0.15, 0.2) is 5.79 Å². The minimum atomic E-state index is -0.461. The normalized spacial score (nSPS) is 29.0. The Labute approximate surface area is 158 Å². The van der Waals surface area contributed by atoms with Gasteiger partial charge in [0, 0.05) is 24.9 Å². The van der Waals surface area contributed by atoms with Crippen molar-refractivity contribution in [2.45, 2.75) is 37.9 Å². The van der Waals surface area contributed by atoms with E-state index in [-0.39, 0.29) is 17.7 Å². The quantitative estimate of drug-likeness (QED) is 0.788. The fraction of sp³-hybridized carbons (Fsp3) is 0.632. The molecule has 3 fully saturated rings. The highest BCUT2D eigenvalue weighted by molar-refractivity contribution is 6.42. The molecule has 0 unspecified atom stereocenters. The molecule has 1 aromatic rings. The van der Waals surface area contributed by atoms with Gasteiger partial charge in [-0.3, -0.25) is 4.79 Å². The highest BCUT2D eigenvalue weighted by atomic mass is 35.5. The van der Waals surface area contributed by atoms with Gasteiger partial charge < -0.3 is 14.4 Å². The Balaban J connectivity index is 1.33. The van der Waals surface area contributed by atoms with Gasteiger partial charge in [-0.2, -0.15) is 0 Å². The van der Waals surface area contributed by atoms with E-state index in [9.17, 15) is 4.79 Å². The summed E-state index contributed by atoms with van der Waals surface area (Å²) in [4.78, 5) is 14.8. The van der Waals surface area contributed by atoms with E-state index >= 15 is 0 Å². The van der Waals surface area contributed by atoms with E-state index in [0.717, 1.165) is 37.9 Å². The summed E-state index contributed by atoms with van der Waals surface area (Å²) in [6.45, 7) is 4.95. The first-order valence-corrected chi connectivity index (χ1v) is 9.75. The average molecular weight is 384 g/mol. The van der Waals surface area contributed by atoms with Crippen LogP contribution < -0.4 is 0 Å². The number of amides is 1. The summed E-state index contributed by atoms with van der Waals surface area (Å²) in [6, 6.07) is 5.69. The number of hydrogen-bond donors (Lipinski definition) is 0. The molecule has 2 saturated heterocycles. The molecule has 3 aliphatic rings. The van der Waals surface area contributed by atoms with Gasteiger partial charge in [-0.1, -0.05) is 29.3 Å². The Hall–Kier alpha value is -0.810. The van der Waals surface area contributed by atoms with Gasteiger partial charge in [-0.05, 0) is 49.8 Å². The second kappa shape index (κ2) is 6.73. The zero-order valence-electron chi connectivity index (χ0n) is 14.3. The number of piperidine rings is 1. The molecule has 1 saturated carbocycles. The predicted molar refractivity (Wildman–Crippen MR) is 96.9 cm³/mol. The summed E-state index contributed by atoms with van der Waals surface area (Å²) in [5, 5.41) is 1.11. The number of halogens is 2. The number of rotatable bonds is 3. The summed E-state index contributed by atoms with van der Waals surface area (Å²) in [7, 11) is 0. The van der Waals surface area contributed by atoms with Gasteiger partial charge in [0.1, 0.15) is 0 Å². The first-order valence-electron chi connectivity index (χ1n) is 8.99. The predicted octanol–water partition coefficient (Wildman–Crippen LogP) is 4.10. The van der Waals surface area contributed by atoms with Crippen molar-refractivity contribution in [3.8, 4) is 0 Å². The first-order chi connectivity index (χ1) is 12.0. The van der Waals surface area contributed by atoms with Crippen molar-refractivity contribution < 1.29 is 14.3 Å². The third-order valence-electron chi connectivity index (χ3n) is 5.89. The van der Waals surface area contributed by atoms with Crippen LogP contribution in [0.15, 0.2) is 18.2 Å². The highest BCUT2D eigenvalue weighted by Gasteiger charge is 2.48. The lowest BCUT2D eigenvalue weighted by Gasteiger charge is -2.39. The van der Waals surface area contributed by atoms with Crippen molar-refractivity contribution in [3.05, 3.63) is 33.8 Å². The second-order valence-corrected chi connectivity index (χ2v) is 8.25. The van der Waals surface area contributed by atoms with Crippen molar-refractivity contribution in [2.75, 3.05) is 26.3 Å². The third-order valence-corrected chi connectivity index (χ3v) is 6.63. The third kappa shape index (κ3) is 3.42. The summed E-state index contributed by atoms with van der Waals surface area (Å²) in [5.74, 6) is 0.538. The molecule has 136 valence electrons. The number of carbonyl (C=O) groups is 1. The van der Waals surface area contributed by atoms with Crippen LogP contribution in [0, 0.1) is 11.8 Å². The molecule has 0 radical (unpaired) electrons. The number of carbonyl (C=O) groups excluding carboxylic acids is 1. The SMILES string of the molecule is CC1(C2CCN(C(=O)[C@H]3C[C@H]3c3ccc(Cl)c(Cl)c3)CC2)OCCO1. The molecule has 25 heavy (non-hydrogen) atoms. The molecule has 0 N–H and O–H groups in total. The number of ether oxygens (including phenoxy) is 2. The van der Waals surface area contributed by atoms with Crippen LogP contribution in [0.25, 0.3) is 0 Å². The van der Waals surface area contributed by atoms with E-state index < -0.39 is 5.79 Å². The van der Waals surface area contributed by atoms with Gasteiger partial charge in [0.2, 0.25) is 5.91 Å². The lowest BCUT2D eigenvalue weighted by Crippen LogP contribution is -2.46. The van der Waals surface area contributed by atoms with Crippen molar-refractivity contribution in [1.82, 2.24) is 4.90 Å². The van der Waals surface area contributed by atoms with Crippen molar-refractivity contribution in [1.29, 1.82) is 0 Å². The molecule has 4 nitrogen and oxygen atoms in total. The van der Waals surface area contributed by atoms with Crippen LogP contribution in [0.3, 0.4) is 0 Å². The van der Waals surface area contributed by atoms with E-state index in [1.54, 1.807) is 0 Å². The molecule has 2 aliphatic heterocycles. The molecule has 0 bridgehead atoms. The minimum absolute atomic E-state index is 0.0864. The Bertz CT molecular complexity index is 667. The maximum Gasteiger partial charge on any atom is 0.226 e. The highest BCUT2D eigenvalue weighted by Crippen LogP contribution is 2.50. The standard InChI is InChI=1S/C19H23Cl2NO3/c1-19(24-8-9-25-19)13-4-6-22(7-5-13)18(23)15-11-14(15)12-2-3-16(20)17(21)10-12/h2-3,10,13-15H,4-9,11H2,1H3/t14-,15-/m0/s1. The van der Waals surface area contributed by atoms with Gasteiger partial charge in [0.25, 0.3) is 0 Å². The fourth-order valence-electron chi connectivity index (χ4n) is 4.20. The first kappa shape index (κ1) is 17.6. The second-order valence-electron chi connectivity index (χ2n) is 7.43. The number of hydrogen-bond acceptors (Lipinski definition) is 3. The fourth-order valence-corrected chi connectivity index (χ4v) is 4.51. The Morgan fingerprint density at radius 2 is 1.84 bits per heavy atom. The Morgan fingerprint density at radius 3 is 2.48 bits per heavy atom. The number of likely N-dealkylation sites (tertiary alicyclic amines) is 1. The van der Waals surface area contributed by atoms with Crippen LogP contribution in [0.5, 0.6) is 0 Å². The smallest absolute Gasteiger partial charge is 0.226 e. The van der Waals surface area contributed by atoms with Crippen LogP contribution in [-0.4, -0.2) is 42.9 Å². The molecule has 0 aromatic heterocycles. The molecule has 0 spiro atoms. The van der Waals surface area contributed by atoms with E-state index in [2.05, 4.69) is 0 Å². The van der Waals surface area contributed by atoms with E-state index in [1.807, 2.05) is 30.0 Å². The van der Waals surface area contributed by atoms with Crippen LogP contribution in [0.1, 0.15) is 37.7 Å². The number of benzene rings is 1. The van der Waals surface area contributed by atoms with Crippen molar-refractivity contribution in [2.24, 2.45) is 11.8 Å². The molecular formula is C19H23Cl2NO3. The Kier molecular flexibility index (Phi) is 4.74. The monoisotopic (exact) mass is 383 g/mol. The molecule has 1 amide bonds. The molecule has 2 atom stereocenters. The molecule has 1 aromatic carbocycles. The van der Waals surface area contributed by atoms with Gasteiger partial charge >= 0.3 is 0 Å². The van der Waals surface area contributed by atoms with E-state index in [1.165, 1.54) is 0 Å². The molecule has 1 aliphatic carbocycles. The van der Waals surface area contributed by atoms with Crippen LogP contribution in [-0.2, 0) is 14.3 Å². The van der Waals surface area contributed by atoms with Crippen LogP contribution in [0.4, 0.5) is 0 Å². The summed E-state index contributed by atoms with van der Waals surface area (Å²) in [5.41, 5.74) is 1.11. The molecule has 2 heterocycles. The maximum atomic E-state index is 12.8. The average Bonchev–Trinajstić information content (AvgIpc) is 3.30. The summed E-state index contributed by atoms with van der Waals surface area (Å²) >= 11 is 12.1. The Morgan fingerprint density at radius 1 is 1.16 bits per heavy atom. The summed E-state index contributed by atoms with van der Waals surface area (Å²) < 4.78 is 11.6. The molecular weight excluding hydrogens is 361 g/mol. The number of nitrogens with zero attached hydrogens (tertiary/aromatic N) is 1. The van der Waals surface area contributed by atoms with E-state index in [0.29, 0.717) is 29.2 Å². The van der Waals surface area contributed by atoms with Crippen molar-refractivity contribution in [3.63, 3.8) is 0 Å². The maximum absolute atomic E-state index is 12.8. The minimum Gasteiger partial charge on any atom is -0.348 e. The van der Waals surface area contributed by atoms with Crippen LogP contribution >= 0.6 is 23.2 Å². The zero-order valence-corrected chi connectivity index (χ0v) is 15.9. The van der Waals surface area contributed by atoms with Crippen molar-refractivity contribution >= 4 is 29.1 Å². The summed E-state index contributed by atoms with van der Waals surface area (Å²) in [6.07, 6.45) is 2.78. The molecule has 6 heteroatoms. The van der Waals surface area contributed by atoms with Gasteiger partial charge in [0.05, 0.1) is 23.3 Å². The molecule has 4 rings (SSSR count). The van der Waals surface area contributed by atoms with Crippen LogP contribution in [0.2, 0.25) is 10.0 Å².